The molecule has 0 aliphatic carbocycles. The number of carbonyl (C=O) groups is 1. The summed E-state index contributed by atoms with van der Waals surface area (Å²) in [5, 5.41) is 3.66. The minimum atomic E-state index is -0.119. The van der Waals surface area contributed by atoms with Crippen molar-refractivity contribution in [2.24, 2.45) is 0 Å². The summed E-state index contributed by atoms with van der Waals surface area (Å²) in [4.78, 5) is 19.7. The van der Waals surface area contributed by atoms with E-state index in [-0.39, 0.29) is 11.6 Å². The van der Waals surface area contributed by atoms with Gasteiger partial charge in [0.15, 0.2) is 0 Å². The Morgan fingerprint density at radius 1 is 1.36 bits per heavy atom. The van der Waals surface area contributed by atoms with Gasteiger partial charge in [0.1, 0.15) is 0 Å². The predicted octanol–water partition coefficient (Wildman–Crippen LogP) is 2.08. The van der Waals surface area contributed by atoms with Gasteiger partial charge in [0.25, 0.3) is 0 Å². The third-order valence-electron chi connectivity index (χ3n) is 1.77. The highest BCUT2D eigenvalue weighted by atomic mass is 32.1. The maximum absolute atomic E-state index is 11.7. The largest absolute Gasteiger partial charge is 0.285 e. The summed E-state index contributed by atoms with van der Waals surface area (Å²) < 4.78 is 0. The highest BCUT2D eigenvalue weighted by Gasteiger charge is 2.11. The fourth-order valence-corrected chi connectivity index (χ4v) is 1.67. The molecule has 0 aliphatic heterocycles. The van der Waals surface area contributed by atoms with Crippen LogP contribution in [-0.4, -0.2) is 15.8 Å². The molecule has 2 heterocycles. The van der Waals surface area contributed by atoms with Gasteiger partial charge in [-0.05, 0) is 23.9 Å². The van der Waals surface area contributed by atoms with Gasteiger partial charge in [-0.25, -0.2) is 9.97 Å². The number of rotatable bonds is 2. The van der Waals surface area contributed by atoms with Crippen molar-refractivity contribution in [3.8, 4) is 0 Å². The standard InChI is InChI=1S/C10H8N2OS/c1-7-4-11-10(12-5-7)9(13)8-2-3-14-6-8/h2-6H,1H3. The molecule has 0 saturated heterocycles. The van der Waals surface area contributed by atoms with Crippen molar-refractivity contribution < 1.29 is 4.79 Å². The van der Waals surface area contributed by atoms with Gasteiger partial charge in [0.2, 0.25) is 11.6 Å². The van der Waals surface area contributed by atoms with Crippen LogP contribution in [0.3, 0.4) is 0 Å². The van der Waals surface area contributed by atoms with E-state index in [1.165, 1.54) is 11.3 Å². The number of aromatic nitrogens is 2. The summed E-state index contributed by atoms with van der Waals surface area (Å²) in [6, 6.07) is 1.77. The van der Waals surface area contributed by atoms with Crippen LogP contribution >= 0.6 is 11.3 Å². The summed E-state index contributed by atoms with van der Waals surface area (Å²) in [6.45, 7) is 1.89. The number of carbonyl (C=O) groups excluding carboxylic acids is 1. The Morgan fingerprint density at radius 3 is 2.64 bits per heavy atom. The summed E-state index contributed by atoms with van der Waals surface area (Å²) in [5.74, 6) is 0.139. The molecule has 0 radical (unpaired) electrons. The second-order valence-corrected chi connectivity index (χ2v) is 3.71. The number of hydrogen-bond acceptors (Lipinski definition) is 4. The van der Waals surface area contributed by atoms with E-state index in [2.05, 4.69) is 9.97 Å². The minimum absolute atomic E-state index is 0.119. The Balaban J connectivity index is 2.33. The van der Waals surface area contributed by atoms with Gasteiger partial charge in [-0.2, -0.15) is 11.3 Å². The second kappa shape index (κ2) is 3.67. The van der Waals surface area contributed by atoms with Crippen LogP contribution in [0.25, 0.3) is 0 Å². The average molecular weight is 204 g/mol. The topological polar surface area (TPSA) is 42.9 Å². The summed E-state index contributed by atoms with van der Waals surface area (Å²) in [5.41, 5.74) is 1.60. The van der Waals surface area contributed by atoms with Crippen LogP contribution in [0.1, 0.15) is 21.7 Å². The highest BCUT2D eigenvalue weighted by Crippen LogP contribution is 2.09. The van der Waals surface area contributed by atoms with Gasteiger partial charge in [-0.3, -0.25) is 4.79 Å². The Hall–Kier alpha value is -1.55. The van der Waals surface area contributed by atoms with Crippen molar-refractivity contribution in [3.63, 3.8) is 0 Å². The molecule has 0 atom stereocenters. The normalized spacial score (nSPS) is 10.1. The SMILES string of the molecule is Cc1cnc(C(=O)c2ccsc2)nc1. The van der Waals surface area contributed by atoms with Crippen LogP contribution < -0.4 is 0 Å². The molecule has 0 unspecified atom stereocenters. The van der Waals surface area contributed by atoms with E-state index < -0.39 is 0 Å². The molecule has 4 heteroatoms. The maximum atomic E-state index is 11.7. The molecule has 3 nitrogen and oxygen atoms in total. The molecule has 0 N–H and O–H groups in total. The fraction of sp³-hybridized carbons (Fsp3) is 0.100. The average Bonchev–Trinajstić information content (AvgIpc) is 2.71. The lowest BCUT2D eigenvalue weighted by Crippen LogP contribution is -2.05. The zero-order chi connectivity index (χ0) is 9.97. The molecule has 0 amide bonds. The molecule has 0 aromatic carbocycles. The van der Waals surface area contributed by atoms with Gasteiger partial charge in [-0.1, -0.05) is 0 Å². The van der Waals surface area contributed by atoms with Crippen molar-refractivity contribution in [3.05, 3.63) is 46.2 Å². The molecule has 0 bridgehead atoms. The van der Waals surface area contributed by atoms with E-state index in [4.69, 9.17) is 0 Å². The first-order valence-electron chi connectivity index (χ1n) is 4.13. The number of thiophene rings is 1. The van der Waals surface area contributed by atoms with Crippen LogP contribution in [0.2, 0.25) is 0 Å². The van der Waals surface area contributed by atoms with E-state index >= 15 is 0 Å². The smallest absolute Gasteiger partial charge is 0.231 e. The molecule has 0 saturated carbocycles. The van der Waals surface area contributed by atoms with E-state index in [0.717, 1.165) is 5.56 Å². The molecular formula is C10H8N2OS. The van der Waals surface area contributed by atoms with Crippen molar-refractivity contribution in [1.82, 2.24) is 9.97 Å². The van der Waals surface area contributed by atoms with Crippen LogP contribution in [0, 0.1) is 6.92 Å². The van der Waals surface area contributed by atoms with Gasteiger partial charge in [0, 0.05) is 23.3 Å². The van der Waals surface area contributed by atoms with Crippen molar-refractivity contribution in [2.45, 2.75) is 6.92 Å². The van der Waals surface area contributed by atoms with E-state index in [1.54, 1.807) is 23.8 Å². The molecule has 2 aromatic rings. The minimum Gasteiger partial charge on any atom is -0.285 e. The van der Waals surface area contributed by atoms with Crippen LogP contribution in [-0.2, 0) is 0 Å². The molecule has 0 fully saturated rings. The Kier molecular flexibility index (Phi) is 2.37. The zero-order valence-electron chi connectivity index (χ0n) is 7.60. The molecule has 70 valence electrons. The molecule has 2 rings (SSSR count). The number of nitrogens with zero attached hydrogens (tertiary/aromatic N) is 2. The van der Waals surface area contributed by atoms with Gasteiger partial charge in [-0.15, -0.1) is 0 Å². The number of ketones is 1. The van der Waals surface area contributed by atoms with Crippen molar-refractivity contribution in [2.75, 3.05) is 0 Å². The van der Waals surface area contributed by atoms with Crippen molar-refractivity contribution >= 4 is 17.1 Å². The van der Waals surface area contributed by atoms with E-state index in [1.807, 2.05) is 12.3 Å². The van der Waals surface area contributed by atoms with E-state index in [9.17, 15) is 4.79 Å². The monoisotopic (exact) mass is 204 g/mol. The molecule has 0 spiro atoms. The van der Waals surface area contributed by atoms with Crippen LogP contribution in [0.15, 0.2) is 29.2 Å². The maximum Gasteiger partial charge on any atom is 0.231 e. The van der Waals surface area contributed by atoms with E-state index in [0.29, 0.717) is 5.56 Å². The molecular weight excluding hydrogens is 196 g/mol. The second-order valence-electron chi connectivity index (χ2n) is 2.93. The quantitative estimate of drug-likeness (QED) is 0.703. The Labute approximate surface area is 85.5 Å². The molecule has 0 aliphatic rings. The van der Waals surface area contributed by atoms with Crippen molar-refractivity contribution in [1.29, 1.82) is 0 Å². The zero-order valence-corrected chi connectivity index (χ0v) is 8.41. The van der Waals surface area contributed by atoms with Gasteiger partial charge < -0.3 is 0 Å². The Bertz CT molecular complexity index is 434. The summed E-state index contributed by atoms with van der Waals surface area (Å²) >= 11 is 1.49. The lowest BCUT2D eigenvalue weighted by molar-refractivity contribution is 0.102. The lowest BCUT2D eigenvalue weighted by Gasteiger charge is -1.96. The lowest BCUT2D eigenvalue weighted by atomic mass is 10.2. The predicted molar refractivity (Wildman–Crippen MR) is 54.5 cm³/mol. The molecule has 2 aromatic heterocycles. The van der Waals surface area contributed by atoms with Gasteiger partial charge >= 0.3 is 0 Å². The number of aryl methyl sites for hydroxylation is 1. The number of hydrogen-bond donors (Lipinski definition) is 0. The van der Waals surface area contributed by atoms with Crippen LogP contribution in [0.5, 0.6) is 0 Å². The first-order chi connectivity index (χ1) is 6.77. The summed E-state index contributed by atoms with van der Waals surface area (Å²) in [7, 11) is 0. The third kappa shape index (κ3) is 1.70. The molecule has 14 heavy (non-hydrogen) atoms. The first-order valence-corrected chi connectivity index (χ1v) is 5.07. The Morgan fingerprint density at radius 2 is 2.07 bits per heavy atom. The van der Waals surface area contributed by atoms with Crippen LogP contribution in [0.4, 0.5) is 0 Å². The first kappa shape index (κ1) is 9.02. The highest BCUT2D eigenvalue weighted by molar-refractivity contribution is 7.08. The fourth-order valence-electron chi connectivity index (χ4n) is 1.03. The summed E-state index contributed by atoms with van der Waals surface area (Å²) in [6.07, 6.45) is 3.29. The third-order valence-corrected chi connectivity index (χ3v) is 2.45. The van der Waals surface area contributed by atoms with Gasteiger partial charge in [0.05, 0.1) is 0 Å².